The van der Waals surface area contributed by atoms with Crippen LogP contribution in [-0.4, -0.2) is 136 Å². The third-order valence-corrected chi connectivity index (χ3v) is 13.2. The molecule has 2 aliphatic heterocycles. The number of aliphatic hydroxyl groups is 1. The first kappa shape index (κ1) is 54.9. The fraction of sp³-hybridized carbons (Fsp3) is 0.481. The average molecular weight is 1010 g/mol. The molecule has 3 aromatic carbocycles. The SMILES string of the molecule is CC(C)[C@@H]1NC(=O)[C@H](Cc2ccccc2)N(C)C(=O)[C@H](Cc2cccc(F)c2)N2C(=O)[C@H](CC[C@H]2O)NC(=O)[C@H](C2CC2)NC(=O)[C@@H](NC(=O)[C@H](C)NC(=O)[C@H](C)NC(=O)OCc2ccccc2)[C@@H](C)OC1=O. The van der Waals surface area contributed by atoms with Crippen LogP contribution in [0.15, 0.2) is 84.9 Å². The summed E-state index contributed by atoms with van der Waals surface area (Å²) in [5.41, 5.74) is 1.62. The highest BCUT2D eigenvalue weighted by Gasteiger charge is 2.47. The summed E-state index contributed by atoms with van der Waals surface area (Å²) >= 11 is 0. The number of piperidine rings is 1. The molecule has 1 saturated carbocycles. The van der Waals surface area contributed by atoms with E-state index in [2.05, 4.69) is 31.9 Å². The molecular weight excluding hydrogens is 948 g/mol. The Balaban J connectivity index is 1.31. The number of likely N-dealkylation sites (N-methyl/N-ethyl adjacent to an activating group) is 1. The lowest BCUT2D eigenvalue weighted by Crippen LogP contribution is -2.65. The van der Waals surface area contributed by atoms with Gasteiger partial charge in [-0.2, -0.15) is 0 Å². The van der Waals surface area contributed by atoms with E-state index in [-0.39, 0.29) is 37.9 Å². The molecule has 0 unspecified atom stereocenters. The van der Waals surface area contributed by atoms with Crippen molar-refractivity contribution in [1.82, 2.24) is 41.7 Å². The maximum atomic E-state index is 15.0. The van der Waals surface area contributed by atoms with Crippen LogP contribution in [0.25, 0.3) is 0 Å². The summed E-state index contributed by atoms with van der Waals surface area (Å²) in [7, 11) is 1.34. The second kappa shape index (κ2) is 24.8. The van der Waals surface area contributed by atoms with E-state index in [1.165, 1.54) is 46.0 Å². The maximum Gasteiger partial charge on any atom is 0.408 e. The number of rotatable bonds is 13. The van der Waals surface area contributed by atoms with Crippen molar-refractivity contribution in [2.45, 2.75) is 140 Å². The lowest BCUT2D eigenvalue weighted by Gasteiger charge is -2.43. The number of esters is 1. The number of hydrogen-bond donors (Lipinski definition) is 7. The van der Waals surface area contributed by atoms with E-state index in [4.69, 9.17) is 9.47 Å². The smallest absolute Gasteiger partial charge is 0.408 e. The summed E-state index contributed by atoms with van der Waals surface area (Å²) in [5, 5.41) is 27.0. The second-order valence-corrected chi connectivity index (χ2v) is 19.2. The standard InChI is InChI=1S/C52H65FN8O12/c1-28(2)41-51(70)73-31(5)42(58-45(64)29(3)54-44(63)30(4)55-52(71)72-27-33-16-11-8-12-17-33)47(66)59-43(35-20-21-35)48(67)56-37-22-23-40(62)61(49(37)68)39(26-34-18-13-19-36(53)24-34)50(69)60(6)38(46(65)57-41)25-32-14-9-7-10-15-32/h7-19,24,28-31,35,37-43,62H,20-23,25-27H2,1-6H3,(H,54,63)(H,55,71)(H,56,67)(H,57,65)(H,58,64)(H,59,66)/t29-,30-,31+,37-,38-,39-,40+,41-,42-,43-/m0/s1. The minimum atomic E-state index is -1.72. The molecule has 3 fully saturated rings. The van der Waals surface area contributed by atoms with Crippen LogP contribution in [0.2, 0.25) is 0 Å². The van der Waals surface area contributed by atoms with Gasteiger partial charge in [-0.25, -0.2) is 14.0 Å². The predicted molar refractivity (Wildman–Crippen MR) is 260 cm³/mol. The third-order valence-electron chi connectivity index (χ3n) is 13.2. The molecule has 2 bridgehead atoms. The van der Waals surface area contributed by atoms with Crippen molar-refractivity contribution < 1.29 is 62.1 Å². The lowest BCUT2D eigenvalue weighted by atomic mass is 9.95. The van der Waals surface area contributed by atoms with Gasteiger partial charge in [0.15, 0.2) is 0 Å². The maximum absolute atomic E-state index is 15.0. The van der Waals surface area contributed by atoms with Crippen LogP contribution in [0, 0.1) is 17.7 Å². The zero-order valence-electron chi connectivity index (χ0n) is 41.7. The Morgan fingerprint density at radius 2 is 1.34 bits per heavy atom. The lowest BCUT2D eigenvalue weighted by molar-refractivity contribution is -0.165. The number of carbonyl (C=O) groups excluding carboxylic acids is 9. The van der Waals surface area contributed by atoms with E-state index < -0.39 is 132 Å². The van der Waals surface area contributed by atoms with Gasteiger partial charge in [-0.15, -0.1) is 0 Å². The first-order chi connectivity index (χ1) is 34.7. The normalized spacial score (nSPS) is 25.3. The zero-order valence-corrected chi connectivity index (χ0v) is 41.7. The van der Waals surface area contributed by atoms with Crippen molar-refractivity contribution >= 4 is 53.4 Å². The number of hydrogen-bond acceptors (Lipinski definition) is 12. The van der Waals surface area contributed by atoms with E-state index in [9.17, 15) is 47.9 Å². The predicted octanol–water partition coefficient (Wildman–Crippen LogP) is 1.52. The van der Waals surface area contributed by atoms with Crippen LogP contribution >= 0.6 is 0 Å². The molecule has 3 aromatic rings. The topological polar surface area (TPSA) is 271 Å². The molecule has 0 radical (unpaired) electrons. The molecule has 3 aliphatic rings. The molecule has 20 nitrogen and oxygen atoms in total. The molecule has 1 aliphatic carbocycles. The van der Waals surface area contributed by atoms with Gasteiger partial charge in [-0.3, -0.25) is 33.6 Å². The van der Waals surface area contributed by atoms with E-state index in [1.807, 2.05) is 0 Å². The van der Waals surface area contributed by atoms with Crippen LogP contribution in [0.3, 0.4) is 0 Å². The Bertz CT molecular complexity index is 2500. The van der Waals surface area contributed by atoms with Gasteiger partial charge in [0.1, 0.15) is 73.1 Å². The van der Waals surface area contributed by atoms with Gasteiger partial charge in [0.25, 0.3) is 0 Å². The van der Waals surface area contributed by atoms with Crippen molar-refractivity contribution in [2.24, 2.45) is 11.8 Å². The third kappa shape index (κ3) is 14.6. The summed E-state index contributed by atoms with van der Waals surface area (Å²) in [5.74, 6) is -8.68. The molecule has 73 heavy (non-hydrogen) atoms. The molecular formula is C52H65FN8O12. The molecule has 0 spiro atoms. The van der Waals surface area contributed by atoms with Crippen molar-refractivity contribution in [2.75, 3.05) is 7.05 Å². The van der Waals surface area contributed by atoms with Crippen LogP contribution < -0.4 is 31.9 Å². The number of nitrogens with zero attached hydrogens (tertiary/aromatic N) is 2. The zero-order chi connectivity index (χ0) is 53.1. The fourth-order valence-electron chi connectivity index (χ4n) is 8.71. The minimum Gasteiger partial charge on any atom is -0.458 e. The first-order valence-electron chi connectivity index (χ1n) is 24.5. The molecule has 8 amide bonds. The molecule has 392 valence electrons. The number of alkyl carbamates (subject to hydrolysis) is 1. The Hall–Kier alpha value is -7.42. The summed E-state index contributed by atoms with van der Waals surface area (Å²) in [6.07, 6.45) is -3.53. The Morgan fingerprint density at radius 1 is 0.726 bits per heavy atom. The van der Waals surface area contributed by atoms with Crippen molar-refractivity contribution in [1.29, 1.82) is 0 Å². The number of ether oxygens (including phenoxy) is 2. The molecule has 6 rings (SSSR count). The average Bonchev–Trinajstić information content (AvgIpc) is 4.21. The highest BCUT2D eigenvalue weighted by Crippen LogP contribution is 2.33. The van der Waals surface area contributed by atoms with Crippen LogP contribution in [0.5, 0.6) is 0 Å². The van der Waals surface area contributed by atoms with Crippen LogP contribution in [0.1, 0.15) is 77.0 Å². The van der Waals surface area contributed by atoms with E-state index in [0.717, 1.165) is 9.80 Å². The summed E-state index contributed by atoms with van der Waals surface area (Å²) in [6.45, 7) is 7.18. The number of nitrogens with one attached hydrogen (secondary N) is 6. The number of fused-ring (bicyclic) bond motifs is 2. The van der Waals surface area contributed by atoms with E-state index >= 15 is 4.79 Å². The Morgan fingerprint density at radius 3 is 1.97 bits per heavy atom. The number of aliphatic hydroxyl groups excluding tert-OH is 1. The molecule has 7 N–H and O–H groups in total. The molecule has 10 atom stereocenters. The molecule has 21 heteroatoms. The molecule has 2 heterocycles. The van der Waals surface area contributed by atoms with Gasteiger partial charge in [0.05, 0.1) is 0 Å². The van der Waals surface area contributed by atoms with E-state index in [0.29, 0.717) is 24.0 Å². The molecule has 2 saturated heterocycles. The summed E-state index contributed by atoms with van der Waals surface area (Å²) in [4.78, 5) is 129. The first-order valence-corrected chi connectivity index (χ1v) is 24.5. The summed E-state index contributed by atoms with van der Waals surface area (Å²) < 4.78 is 25.7. The second-order valence-electron chi connectivity index (χ2n) is 19.2. The minimum absolute atomic E-state index is 0.0616. The monoisotopic (exact) mass is 1010 g/mol. The number of benzene rings is 3. The van der Waals surface area contributed by atoms with Gasteiger partial charge in [-0.05, 0) is 87.1 Å². The van der Waals surface area contributed by atoms with Crippen molar-refractivity contribution in [3.8, 4) is 0 Å². The number of cyclic esters (lactones) is 1. The fourth-order valence-corrected chi connectivity index (χ4v) is 8.71. The van der Waals surface area contributed by atoms with Gasteiger partial charge >= 0.3 is 12.1 Å². The molecule has 0 aromatic heterocycles. The van der Waals surface area contributed by atoms with Gasteiger partial charge in [0.2, 0.25) is 41.4 Å². The van der Waals surface area contributed by atoms with Gasteiger partial charge < -0.3 is 56.3 Å². The van der Waals surface area contributed by atoms with Gasteiger partial charge in [-0.1, -0.05) is 86.6 Å². The number of halogens is 1. The van der Waals surface area contributed by atoms with Crippen LogP contribution in [0.4, 0.5) is 9.18 Å². The number of amides is 8. The summed E-state index contributed by atoms with van der Waals surface area (Å²) in [6, 6.07) is 11.7. The highest BCUT2D eigenvalue weighted by molar-refractivity contribution is 5.99. The van der Waals surface area contributed by atoms with Crippen molar-refractivity contribution in [3.63, 3.8) is 0 Å². The number of carbonyl (C=O) groups is 9. The van der Waals surface area contributed by atoms with E-state index in [1.54, 1.807) is 80.6 Å². The van der Waals surface area contributed by atoms with Crippen molar-refractivity contribution in [3.05, 3.63) is 107 Å². The van der Waals surface area contributed by atoms with Crippen LogP contribution in [-0.2, 0) is 67.3 Å². The highest BCUT2D eigenvalue weighted by atomic mass is 19.1. The quantitative estimate of drug-likeness (QED) is 0.120. The Kier molecular flexibility index (Phi) is 18.7. The Labute approximate surface area is 422 Å². The van der Waals surface area contributed by atoms with Gasteiger partial charge in [0, 0.05) is 19.9 Å². The largest absolute Gasteiger partial charge is 0.458 e.